The number of carbonyl (C=O) groups is 2. The average Bonchev–Trinajstić information content (AvgIpc) is 3.07. The highest BCUT2D eigenvalue weighted by molar-refractivity contribution is 6.14. The molecule has 0 aromatic heterocycles. The fourth-order valence-electron chi connectivity index (χ4n) is 8.31. The van der Waals surface area contributed by atoms with Crippen molar-refractivity contribution in [2.45, 2.75) is 125 Å². The molecule has 0 amide bonds. The van der Waals surface area contributed by atoms with Crippen LogP contribution in [0.2, 0.25) is 0 Å². The molecule has 0 radical (unpaired) electrons. The minimum atomic E-state index is -0.336. The number of esters is 2. The van der Waals surface area contributed by atoms with Gasteiger partial charge in [-0.2, -0.15) is 0 Å². The molecule has 0 saturated carbocycles. The summed E-state index contributed by atoms with van der Waals surface area (Å²) in [6.45, 7) is 37.4. The molecule has 4 heteroatoms. The van der Waals surface area contributed by atoms with Crippen LogP contribution in [-0.4, -0.2) is 11.9 Å². The Morgan fingerprint density at radius 3 is 0.740 bits per heavy atom. The van der Waals surface area contributed by atoms with Crippen molar-refractivity contribution < 1.29 is 19.1 Å². The lowest BCUT2D eigenvalue weighted by molar-refractivity contribution is 0.0724. The smallest absolute Gasteiger partial charge is 0.344 e. The van der Waals surface area contributed by atoms with E-state index in [4.69, 9.17) is 9.47 Å². The van der Waals surface area contributed by atoms with E-state index >= 15 is 0 Å². The van der Waals surface area contributed by atoms with Crippen molar-refractivity contribution in [1.82, 2.24) is 0 Å². The topological polar surface area (TPSA) is 52.6 Å². The zero-order chi connectivity index (χ0) is 37.6. The number of aryl methyl sites for hydroxylation is 4. The largest absolute Gasteiger partial charge is 0.422 e. The standard InChI is InChI=1S/C46H54O4/c1-19-21(3)29(11)39(30(12)22(19)4)45(47)49-43-33(15)25(7)27(9)37-36(18)42-38(35(17)41(37)43)28(10)26(8)34(16)44(42)50-46(48)40-31(13)23(5)20(2)24(6)32(40)14/h1-18H3. The first-order chi connectivity index (χ1) is 23.2. The molecule has 0 spiro atoms. The second-order valence-corrected chi connectivity index (χ2v) is 14.9. The molecule has 4 nitrogen and oxygen atoms in total. The third-order valence-corrected chi connectivity index (χ3v) is 12.9. The minimum absolute atomic E-state index is 0.336. The summed E-state index contributed by atoms with van der Waals surface area (Å²) in [5, 5.41) is 3.92. The zero-order valence-corrected chi connectivity index (χ0v) is 33.6. The molecule has 0 saturated heterocycles. The van der Waals surface area contributed by atoms with E-state index < -0.39 is 0 Å². The Morgan fingerprint density at radius 2 is 0.480 bits per heavy atom. The van der Waals surface area contributed by atoms with Crippen molar-refractivity contribution in [3.05, 3.63) is 111 Å². The molecule has 0 aliphatic heterocycles. The molecule has 50 heavy (non-hydrogen) atoms. The van der Waals surface area contributed by atoms with Crippen LogP contribution >= 0.6 is 0 Å². The molecule has 0 fully saturated rings. The Balaban J connectivity index is 1.85. The van der Waals surface area contributed by atoms with E-state index in [0.29, 0.717) is 22.6 Å². The molecular weight excluding hydrogens is 617 g/mol. The monoisotopic (exact) mass is 670 g/mol. The Bertz CT molecular complexity index is 2140. The van der Waals surface area contributed by atoms with Crippen molar-refractivity contribution >= 4 is 33.5 Å². The van der Waals surface area contributed by atoms with Crippen molar-refractivity contribution in [2.75, 3.05) is 0 Å². The molecule has 5 rings (SSSR count). The van der Waals surface area contributed by atoms with Gasteiger partial charge in [-0.1, -0.05) is 0 Å². The number of hydrogen-bond acceptors (Lipinski definition) is 4. The van der Waals surface area contributed by atoms with Gasteiger partial charge in [-0.15, -0.1) is 0 Å². The maximum Gasteiger partial charge on any atom is 0.344 e. The predicted molar refractivity (Wildman–Crippen MR) is 210 cm³/mol. The molecule has 5 aromatic rings. The Morgan fingerprint density at radius 1 is 0.260 bits per heavy atom. The predicted octanol–water partition coefficient (Wildman–Crippen LogP) is 12.0. The van der Waals surface area contributed by atoms with Crippen LogP contribution in [0.4, 0.5) is 0 Å². The summed E-state index contributed by atoms with van der Waals surface area (Å²) < 4.78 is 13.1. The van der Waals surface area contributed by atoms with E-state index in [1.54, 1.807) is 0 Å². The summed E-state index contributed by atoms with van der Waals surface area (Å²) in [6.07, 6.45) is 0. The Kier molecular flexibility index (Phi) is 9.36. The molecule has 0 N–H and O–H groups in total. The third-order valence-electron chi connectivity index (χ3n) is 12.9. The van der Waals surface area contributed by atoms with Gasteiger partial charge >= 0.3 is 11.9 Å². The van der Waals surface area contributed by atoms with Gasteiger partial charge < -0.3 is 9.47 Å². The molecule has 0 bridgehead atoms. The lowest BCUT2D eigenvalue weighted by atomic mass is 9.83. The molecule has 262 valence electrons. The number of rotatable bonds is 4. The highest BCUT2D eigenvalue weighted by Gasteiger charge is 2.29. The van der Waals surface area contributed by atoms with Crippen LogP contribution in [0.1, 0.15) is 121 Å². The second-order valence-electron chi connectivity index (χ2n) is 14.9. The van der Waals surface area contributed by atoms with Crippen LogP contribution in [0.3, 0.4) is 0 Å². The average molecular weight is 671 g/mol. The van der Waals surface area contributed by atoms with Gasteiger partial charge in [-0.05, 0) is 236 Å². The second kappa shape index (κ2) is 12.7. The van der Waals surface area contributed by atoms with Crippen LogP contribution in [0.25, 0.3) is 21.5 Å². The zero-order valence-electron chi connectivity index (χ0n) is 33.6. The first-order valence-corrected chi connectivity index (χ1v) is 17.7. The SMILES string of the molecule is Cc1c(C)c(C)c(C(=O)Oc2c(C)c(C)c(C)c3c(C)c4c(OC(=O)c5c(C)c(C)c(C)c(C)c5C)c(C)c(C)c(C)c4c(C)c23)c(C)c1C. The summed E-state index contributed by atoms with van der Waals surface area (Å²) in [5.74, 6) is 0.519. The lowest BCUT2D eigenvalue weighted by Crippen LogP contribution is -2.17. The molecule has 0 atom stereocenters. The molecule has 5 aromatic carbocycles. The first-order valence-electron chi connectivity index (χ1n) is 17.7. The molecule has 0 aliphatic rings. The highest BCUT2D eigenvalue weighted by atomic mass is 16.5. The lowest BCUT2D eigenvalue weighted by Gasteiger charge is -2.26. The van der Waals surface area contributed by atoms with Crippen molar-refractivity contribution in [2.24, 2.45) is 0 Å². The van der Waals surface area contributed by atoms with E-state index in [1.807, 2.05) is 41.5 Å². The number of hydrogen-bond donors (Lipinski definition) is 0. The maximum absolute atomic E-state index is 14.2. The number of benzene rings is 5. The normalized spacial score (nSPS) is 11.6. The third kappa shape index (κ3) is 5.17. The van der Waals surface area contributed by atoms with Gasteiger partial charge in [0, 0.05) is 10.8 Å². The molecule has 0 unspecified atom stereocenters. The van der Waals surface area contributed by atoms with E-state index in [9.17, 15) is 9.59 Å². The molecular formula is C46H54O4. The van der Waals surface area contributed by atoms with Crippen LogP contribution in [0.15, 0.2) is 0 Å². The molecule has 0 aliphatic carbocycles. The van der Waals surface area contributed by atoms with E-state index in [2.05, 4.69) is 83.1 Å². The Hall–Kier alpha value is -4.44. The van der Waals surface area contributed by atoms with E-state index in [0.717, 1.165) is 111 Å². The van der Waals surface area contributed by atoms with Gasteiger partial charge in [-0.3, -0.25) is 0 Å². The van der Waals surface area contributed by atoms with Crippen LogP contribution in [0, 0.1) is 125 Å². The highest BCUT2D eigenvalue weighted by Crippen LogP contribution is 2.48. The van der Waals surface area contributed by atoms with Crippen molar-refractivity contribution in [3.8, 4) is 11.5 Å². The summed E-state index contributed by atoms with van der Waals surface area (Å²) in [4.78, 5) is 28.5. The Labute approximate surface area is 299 Å². The van der Waals surface area contributed by atoms with Crippen molar-refractivity contribution in [1.29, 1.82) is 0 Å². The van der Waals surface area contributed by atoms with Crippen molar-refractivity contribution in [3.63, 3.8) is 0 Å². The van der Waals surface area contributed by atoms with Crippen LogP contribution < -0.4 is 9.47 Å². The van der Waals surface area contributed by atoms with E-state index in [-0.39, 0.29) is 11.9 Å². The molecule has 0 heterocycles. The first kappa shape index (κ1) is 36.8. The number of carbonyl (C=O) groups excluding carboxylic acids is 2. The summed E-state index contributed by atoms with van der Waals surface area (Å²) in [6, 6.07) is 0. The van der Waals surface area contributed by atoms with Gasteiger partial charge in [0.1, 0.15) is 11.5 Å². The summed E-state index contributed by atoms with van der Waals surface area (Å²) >= 11 is 0. The van der Waals surface area contributed by atoms with Crippen LogP contribution in [-0.2, 0) is 0 Å². The fraction of sp³-hybridized carbons (Fsp3) is 0.391. The van der Waals surface area contributed by atoms with Crippen LogP contribution in [0.5, 0.6) is 11.5 Å². The van der Waals surface area contributed by atoms with Gasteiger partial charge in [0.2, 0.25) is 0 Å². The fourth-order valence-corrected chi connectivity index (χ4v) is 8.31. The van der Waals surface area contributed by atoms with Gasteiger partial charge in [0.05, 0.1) is 11.1 Å². The van der Waals surface area contributed by atoms with E-state index in [1.165, 1.54) is 11.1 Å². The summed E-state index contributed by atoms with van der Waals surface area (Å²) in [7, 11) is 0. The minimum Gasteiger partial charge on any atom is -0.422 e. The van der Waals surface area contributed by atoms with Gasteiger partial charge in [-0.25, -0.2) is 9.59 Å². The van der Waals surface area contributed by atoms with Gasteiger partial charge in [0.15, 0.2) is 0 Å². The number of ether oxygens (including phenoxy) is 2. The summed E-state index contributed by atoms with van der Waals surface area (Å²) in [5.41, 5.74) is 20.3. The van der Waals surface area contributed by atoms with Gasteiger partial charge in [0.25, 0.3) is 0 Å². The maximum atomic E-state index is 14.2. The quantitative estimate of drug-likeness (QED) is 0.108. The number of fused-ring (bicyclic) bond motifs is 2.